The van der Waals surface area contributed by atoms with E-state index in [2.05, 4.69) is 15.5 Å². The number of hydrogen-bond donors (Lipinski definition) is 1. The Morgan fingerprint density at radius 3 is 2.38 bits per heavy atom. The topological polar surface area (TPSA) is 89.7 Å². The molecule has 2 heterocycles. The van der Waals surface area contributed by atoms with Crippen molar-refractivity contribution in [3.63, 3.8) is 0 Å². The van der Waals surface area contributed by atoms with Gasteiger partial charge in [0.05, 0.1) is 23.9 Å². The van der Waals surface area contributed by atoms with Gasteiger partial charge in [-0.25, -0.2) is 0 Å². The molecule has 0 radical (unpaired) electrons. The smallest absolute Gasteiger partial charge is 0.247 e. The first-order chi connectivity index (χ1) is 16.7. The third kappa shape index (κ3) is 4.61. The summed E-state index contributed by atoms with van der Waals surface area (Å²) in [6, 6.07) is 19.5. The monoisotopic (exact) mass is 480 g/mol. The van der Waals surface area contributed by atoms with Crippen LogP contribution in [0.15, 0.2) is 65.1 Å². The van der Waals surface area contributed by atoms with Crippen molar-refractivity contribution in [1.29, 1.82) is 0 Å². The third-order valence-corrected chi connectivity index (χ3v) is 7.59. The Morgan fingerprint density at radius 1 is 1.00 bits per heavy atom. The van der Waals surface area contributed by atoms with E-state index in [-0.39, 0.29) is 35.6 Å². The Kier molecular flexibility index (Phi) is 6.96. The summed E-state index contributed by atoms with van der Waals surface area (Å²) in [5, 5.41) is 12.1. The van der Waals surface area contributed by atoms with Gasteiger partial charge in [0, 0.05) is 31.5 Å². The third-order valence-electron chi connectivity index (χ3n) is 6.51. The number of rotatable bonds is 7. The molecule has 3 aromatic rings. The highest BCUT2D eigenvalue weighted by molar-refractivity contribution is 7.99. The molecule has 8 nitrogen and oxygen atoms in total. The molecule has 34 heavy (non-hydrogen) atoms. The van der Waals surface area contributed by atoms with E-state index in [9.17, 15) is 4.79 Å². The zero-order valence-electron chi connectivity index (χ0n) is 19.2. The van der Waals surface area contributed by atoms with Crippen LogP contribution < -0.4 is 10.2 Å². The number of ether oxygens (including phenoxy) is 2. The molecule has 2 fully saturated rings. The van der Waals surface area contributed by atoms with Gasteiger partial charge in [0.2, 0.25) is 17.7 Å². The van der Waals surface area contributed by atoms with Gasteiger partial charge >= 0.3 is 0 Å². The van der Waals surface area contributed by atoms with Crippen LogP contribution >= 0.6 is 11.8 Å². The van der Waals surface area contributed by atoms with Gasteiger partial charge in [0.1, 0.15) is 5.50 Å². The summed E-state index contributed by atoms with van der Waals surface area (Å²) < 4.78 is 17.2. The van der Waals surface area contributed by atoms with Crippen LogP contribution in [0.3, 0.4) is 0 Å². The molecule has 1 N–H and O–H groups in total. The van der Waals surface area contributed by atoms with Crippen molar-refractivity contribution < 1.29 is 18.7 Å². The van der Waals surface area contributed by atoms with Crippen LogP contribution in [-0.2, 0) is 20.0 Å². The van der Waals surface area contributed by atoms with E-state index >= 15 is 0 Å². The fraction of sp³-hybridized carbons (Fsp3) is 0.400. The van der Waals surface area contributed by atoms with Gasteiger partial charge in [-0.3, -0.25) is 15.0 Å². The van der Waals surface area contributed by atoms with Crippen LogP contribution in [0, 0.1) is 5.92 Å². The first-order valence-corrected chi connectivity index (χ1v) is 12.4. The number of nitrogens with one attached hydrogen (secondary N) is 1. The molecule has 0 spiro atoms. The first-order valence-electron chi connectivity index (χ1n) is 11.4. The summed E-state index contributed by atoms with van der Waals surface area (Å²) in [6.07, 6.45) is 1.18. The number of carbonyl (C=O) groups excluding carboxylic acids is 1. The number of fused-ring (bicyclic) bond motifs is 1. The Hall–Kier alpha value is -2.72. The highest BCUT2D eigenvalue weighted by atomic mass is 32.2. The predicted octanol–water partition coefficient (Wildman–Crippen LogP) is 3.70. The molecular formula is C25H28N4O4S. The van der Waals surface area contributed by atoms with E-state index in [0.717, 1.165) is 11.3 Å². The second-order valence-electron chi connectivity index (χ2n) is 8.47. The van der Waals surface area contributed by atoms with Crippen molar-refractivity contribution >= 4 is 23.4 Å². The minimum atomic E-state index is -0.278. The lowest BCUT2D eigenvalue weighted by molar-refractivity contribution is -0.134. The van der Waals surface area contributed by atoms with Crippen LogP contribution in [-0.4, -0.2) is 54.1 Å². The maximum Gasteiger partial charge on any atom is 0.247 e. The molecule has 1 saturated heterocycles. The normalized spacial score (nSPS) is 26.9. The zero-order chi connectivity index (χ0) is 23.5. The SMILES string of the molecule is COC1CC2NC(SCc3nnc(-c4ccccc4)o3)N(c3ccccc3)C(=O)C2CC1OC. The fourth-order valence-corrected chi connectivity index (χ4v) is 5.83. The van der Waals surface area contributed by atoms with E-state index in [4.69, 9.17) is 13.9 Å². The molecule has 1 aliphatic carbocycles. The Balaban J connectivity index is 1.36. The van der Waals surface area contributed by atoms with Crippen molar-refractivity contribution in [2.24, 2.45) is 5.92 Å². The molecule has 5 atom stereocenters. The average Bonchev–Trinajstić information content (AvgIpc) is 3.37. The van der Waals surface area contributed by atoms with Crippen molar-refractivity contribution in [3.05, 3.63) is 66.6 Å². The number of amides is 1. The standard InChI is InChI=1S/C25H28N4O4S/c1-31-20-13-18-19(14-21(20)32-2)26-25(29(24(18)30)17-11-7-4-8-12-17)34-15-22-27-28-23(33-22)16-9-5-3-6-10-16/h3-12,18-21,25-26H,13-15H2,1-2H3. The molecule has 5 rings (SSSR count). The summed E-state index contributed by atoms with van der Waals surface area (Å²) in [7, 11) is 3.38. The first kappa shape index (κ1) is 23.0. The number of carbonyl (C=O) groups is 1. The Bertz CT molecular complexity index is 1100. The van der Waals surface area contributed by atoms with Crippen molar-refractivity contribution in [2.75, 3.05) is 19.1 Å². The summed E-state index contributed by atoms with van der Waals surface area (Å²) in [5.74, 6) is 1.40. The number of benzene rings is 2. The van der Waals surface area contributed by atoms with Crippen LogP contribution in [0.2, 0.25) is 0 Å². The summed E-state index contributed by atoms with van der Waals surface area (Å²) >= 11 is 1.56. The lowest BCUT2D eigenvalue weighted by Gasteiger charge is -2.48. The van der Waals surface area contributed by atoms with Crippen LogP contribution in [0.25, 0.3) is 11.5 Å². The minimum absolute atomic E-state index is 0.00359. The second-order valence-corrected chi connectivity index (χ2v) is 9.54. The van der Waals surface area contributed by atoms with Gasteiger partial charge < -0.3 is 13.9 Å². The molecule has 2 aromatic carbocycles. The number of aromatic nitrogens is 2. The zero-order valence-corrected chi connectivity index (χ0v) is 20.0. The molecule has 9 heteroatoms. The molecule has 1 aromatic heterocycles. The van der Waals surface area contributed by atoms with E-state index in [1.54, 1.807) is 26.0 Å². The molecule has 1 aliphatic heterocycles. The van der Waals surface area contributed by atoms with Gasteiger partial charge in [-0.1, -0.05) is 36.4 Å². The highest BCUT2D eigenvalue weighted by Gasteiger charge is 2.48. The van der Waals surface area contributed by atoms with Gasteiger partial charge in [0.15, 0.2) is 0 Å². The molecule has 1 saturated carbocycles. The molecule has 1 amide bonds. The highest BCUT2D eigenvalue weighted by Crippen LogP contribution is 2.38. The van der Waals surface area contributed by atoms with Crippen LogP contribution in [0.5, 0.6) is 0 Å². The maximum absolute atomic E-state index is 13.8. The molecule has 0 bridgehead atoms. The Labute approximate surface area is 203 Å². The molecule has 178 valence electrons. The Morgan fingerprint density at radius 2 is 1.68 bits per heavy atom. The maximum atomic E-state index is 13.8. The number of nitrogens with zero attached hydrogens (tertiary/aromatic N) is 3. The van der Waals surface area contributed by atoms with E-state index in [1.807, 2.05) is 65.6 Å². The van der Waals surface area contributed by atoms with E-state index < -0.39 is 0 Å². The van der Waals surface area contributed by atoms with Crippen molar-refractivity contribution in [2.45, 2.75) is 42.3 Å². The number of para-hydroxylation sites is 1. The van der Waals surface area contributed by atoms with Crippen LogP contribution in [0.1, 0.15) is 18.7 Å². The molecule has 5 unspecified atom stereocenters. The number of methoxy groups -OCH3 is 2. The number of anilines is 1. The second kappa shape index (κ2) is 10.3. The predicted molar refractivity (Wildman–Crippen MR) is 130 cm³/mol. The quantitative estimate of drug-likeness (QED) is 0.548. The van der Waals surface area contributed by atoms with Gasteiger partial charge in [0.25, 0.3) is 0 Å². The largest absolute Gasteiger partial charge is 0.420 e. The lowest BCUT2D eigenvalue weighted by atomic mass is 9.79. The van der Waals surface area contributed by atoms with Gasteiger partial charge in [-0.15, -0.1) is 22.0 Å². The average molecular weight is 481 g/mol. The van der Waals surface area contributed by atoms with Gasteiger partial charge in [-0.2, -0.15) is 0 Å². The number of thioether (sulfide) groups is 1. The number of hydrogen-bond acceptors (Lipinski definition) is 8. The molecule has 2 aliphatic rings. The van der Waals surface area contributed by atoms with Crippen molar-refractivity contribution in [3.8, 4) is 11.5 Å². The summed E-state index contributed by atoms with van der Waals surface area (Å²) in [4.78, 5) is 15.6. The lowest BCUT2D eigenvalue weighted by Crippen LogP contribution is -2.65. The minimum Gasteiger partial charge on any atom is -0.420 e. The van der Waals surface area contributed by atoms with Crippen LogP contribution in [0.4, 0.5) is 5.69 Å². The van der Waals surface area contributed by atoms with E-state index in [1.165, 1.54) is 0 Å². The fourth-order valence-electron chi connectivity index (χ4n) is 4.77. The summed E-state index contributed by atoms with van der Waals surface area (Å²) in [5.41, 5.74) is 1.46. The summed E-state index contributed by atoms with van der Waals surface area (Å²) in [6.45, 7) is 0. The molecular weight excluding hydrogens is 452 g/mol. The van der Waals surface area contributed by atoms with E-state index in [0.29, 0.717) is 30.4 Å². The van der Waals surface area contributed by atoms with Crippen molar-refractivity contribution in [1.82, 2.24) is 15.5 Å². The van der Waals surface area contributed by atoms with Gasteiger partial charge in [-0.05, 0) is 37.1 Å².